The monoisotopic (exact) mass is 258 g/mol. The Morgan fingerprint density at radius 3 is 2.56 bits per heavy atom. The predicted octanol–water partition coefficient (Wildman–Crippen LogP) is 1.90. The molecular formula is C11H12F2N2O3. The second kappa shape index (κ2) is 5.95. The number of carbonyl (C=O) groups is 2. The van der Waals surface area contributed by atoms with E-state index in [9.17, 15) is 18.4 Å². The van der Waals surface area contributed by atoms with Crippen LogP contribution < -0.4 is 5.32 Å². The number of hydrogen-bond donors (Lipinski definition) is 2. The van der Waals surface area contributed by atoms with Crippen molar-refractivity contribution in [1.29, 1.82) is 0 Å². The van der Waals surface area contributed by atoms with Crippen molar-refractivity contribution in [3.63, 3.8) is 0 Å². The molecule has 0 saturated carbocycles. The molecule has 0 aromatic heterocycles. The van der Waals surface area contributed by atoms with Crippen molar-refractivity contribution in [2.45, 2.75) is 6.42 Å². The summed E-state index contributed by atoms with van der Waals surface area (Å²) in [5.74, 6) is -3.10. The van der Waals surface area contributed by atoms with Gasteiger partial charge in [-0.1, -0.05) is 0 Å². The lowest BCUT2D eigenvalue weighted by atomic mass is 10.3. The Morgan fingerprint density at radius 2 is 2.00 bits per heavy atom. The number of halogens is 2. The normalized spacial score (nSPS) is 9.94. The van der Waals surface area contributed by atoms with E-state index in [1.165, 1.54) is 13.1 Å². The Labute approximate surface area is 102 Å². The first kappa shape index (κ1) is 13.9. The summed E-state index contributed by atoms with van der Waals surface area (Å²) < 4.78 is 25.5. The topological polar surface area (TPSA) is 69.6 Å². The Kier molecular flexibility index (Phi) is 4.59. The highest BCUT2D eigenvalue weighted by molar-refractivity contribution is 5.89. The van der Waals surface area contributed by atoms with E-state index in [4.69, 9.17) is 5.11 Å². The van der Waals surface area contributed by atoms with Crippen LogP contribution in [0.25, 0.3) is 0 Å². The molecule has 0 bridgehead atoms. The number of hydrogen-bond acceptors (Lipinski definition) is 2. The molecule has 0 aliphatic carbocycles. The van der Waals surface area contributed by atoms with Gasteiger partial charge in [-0.25, -0.2) is 13.6 Å². The number of carbonyl (C=O) groups excluding carboxylic acids is 1. The average Bonchev–Trinajstić information content (AvgIpc) is 2.30. The van der Waals surface area contributed by atoms with Gasteiger partial charge >= 0.3 is 12.0 Å². The molecule has 0 atom stereocenters. The van der Waals surface area contributed by atoms with Crippen LogP contribution in [0.3, 0.4) is 0 Å². The molecular weight excluding hydrogens is 246 g/mol. The molecule has 0 aliphatic rings. The largest absolute Gasteiger partial charge is 0.481 e. The second-order valence-corrected chi connectivity index (χ2v) is 3.62. The Balaban J connectivity index is 2.58. The highest BCUT2D eigenvalue weighted by atomic mass is 19.2. The van der Waals surface area contributed by atoms with Gasteiger partial charge in [-0.05, 0) is 12.1 Å². The van der Waals surface area contributed by atoms with Gasteiger partial charge in [-0.3, -0.25) is 4.79 Å². The fraction of sp³-hybridized carbons (Fsp3) is 0.273. The number of urea groups is 1. The third-order valence-corrected chi connectivity index (χ3v) is 2.18. The van der Waals surface area contributed by atoms with E-state index < -0.39 is 23.6 Å². The number of benzene rings is 1. The summed E-state index contributed by atoms with van der Waals surface area (Å²) in [5.41, 5.74) is 0.0982. The maximum Gasteiger partial charge on any atom is 0.321 e. The molecule has 0 spiro atoms. The smallest absolute Gasteiger partial charge is 0.321 e. The maximum absolute atomic E-state index is 12.9. The van der Waals surface area contributed by atoms with Gasteiger partial charge in [0.25, 0.3) is 0 Å². The summed E-state index contributed by atoms with van der Waals surface area (Å²) in [6.45, 7) is 0.0187. The van der Waals surface area contributed by atoms with Crippen LogP contribution in [0.4, 0.5) is 19.3 Å². The number of carboxylic acid groups (broad SMARTS) is 1. The van der Waals surface area contributed by atoms with Crippen LogP contribution in [-0.4, -0.2) is 35.6 Å². The number of amides is 2. The first-order chi connectivity index (χ1) is 8.40. The predicted molar refractivity (Wildman–Crippen MR) is 60.3 cm³/mol. The lowest BCUT2D eigenvalue weighted by Crippen LogP contribution is -2.33. The number of nitrogens with zero attached hydrogens (tertiary/aromatic N) is 1. The zero-order valence-corrected chi connectivity index (χ0v) is 9.61. The Bertz CT molecular complexity index is 466. The molecule has 0 radical (unpaired) electrons. The number of nitrogens with one attached hydrogen (secondary N) is 1. The lowest BCUT2D eigenvalue weighted by Gasteiger charge is -2.16. The molecule has 5 nitrogen and oxygen atoms in total. The standard InChI is InChI=1S/C11H12F2N2O3/c1-15(5-4-10(16)17)11(18)14-7-2-3-8(12)9(13)6-7/h2-3,6H,4-5H2,1H3,(H,14,18)(H,16,17). The molecule has 0 aliphatic heterocycles. The molecule has 0 saturated heterocycles. The van der Waals surface area contributed by atoms with Crippen molar-refractivity contribution in [2.75, 3.05) is 18.9 Å². The van der Waals surface area contributed by atoms with Crippen molar-refractivity contribution in [1.82, 2.24) is 4.90 Å². The second-order valence-electron chi connectivity index (χ2n) is 3.62. The Morgan fingerprint density at radius 1 is 1.33 bits per heavy atom. The van der Waals surface area contributed by atoms with E-state index in [1.54, 1.807) is 0 Å². The quantitative estimate of drug-likeness (QED) is 0.866. The highest BCUT2D eigenvalue weighted by Gasteiger charge is 2.11. The highest BCUT2D eigenvalue weighted by Crippen LogP contribution is 2.13. The SMILES string of the molecule is CN(CCC(=O)O)C(=O)Nc1ccc(F)c(F)c1. The summed E-state index contributed by atoms with van der Waals surface area (Å²) in [4.78, 5) is 23.0. The molecule has 98 valence electrons. The van der Waals surface area contributed by atoms with Gasteiger partial charge in [0, 0.05) is 25.3 Å². The summed E-state index contributed by atoms with van der Waals surface area (Å²) in [6.07, 6.45) is -0.193. The van der Waals surface area contributed by atoms with Crippen LogP contribution in [0.2, 0.25) is 0 Å². The zero-order valence-electron chi connectivity index (χ0n) is 9.61. The summed E-state index contributed by atoms with van der Waals surface area (Å²) in [5, 5.41) is 10.8. The van der Waals surface area contributed by atoms with E-state index in [-0.39, 0.29) is 18.7 Å². The van der Waals surface area contributed by atoms with Crippen LogP contribution >= 0.6 is 0 Å². The molecule has 2 N–H and O–H groups in total. The molecule has 2 amide bonds. The van der Waals surface area contributed by atoms with E-state index >= 15 is 0 Å². The van der Waals surface area contributed by atoms with E-state index in [0.717, 1.165) is 17.0 Å². The summed E-state index contributed by atoms with van der Waals surface area (Å²) >= 11 is 0. The minimum atomic E-state index is -1.07. The van der Waals surface area contributed by atoms with Gasteiger partial charge in [0.2, 0.25) is 0 Å². The molecule has 18 heavy (non-hydrogen) atoms. The summed E-state index contributed by atoms with van der Waals surface area (Å²) in [6, 6.07) is 2.35. The van der Waals surface area contributed by atoms with E-state index in [0.29, 0.717) is 0 Å². The van der Waals surface area contributed by atoms with Crippen molar-refractivity contribution in [3.8, 4) is 0 Å². The first-order valence-electron chi connectivity index (χ1n) is 5.09. The van der Waals surface area contributed by atoms with Crippen LogP contribution in [0.1, 0.15) is 6.42 Å². The van der Waals surface area contributed by atoms with Crippen molar-refractivity contribution < 1.29 is 23.5 Å². The van der Waals surface area contributed by atoms with Gasteiger partial charge in [0.15, 0.2) is 11.6 Å². The van der Waals surface area contributed by atoms with Gasteiger partial charge in [-0.2, -0.15) is 0 Å². The molecule has 0 heterocycles. The fourth-order valence-corrected chi connectivity index (χ4v) is 1.16. The number of carboxylic acids is 1. The van der Waals surface area contributed by atoms with E-state index in [1.807, 2.05) is 0 Å². The first-order valence-corrected chi connectivity index (χ1v) is 5.09. The molecule has 1 aromatic carbocycles. The molecule has 0 unspecified atom stereocenters. The molecule has 7 heteroatoms. The number of rotatable bonds is 4. The van der Waals surface area contributed by atoms with Crippen molar-refractivity contribution in [2.24, 2.45) is 0 Å². The Hall–Kier alpha value is -2.18. The van der Waals surface area contributed by atoms with Crippen molar-refractivity contribution in [3.05, 3.63) is 29.8 Å². The van der Waals surface area contributed by atoms with Crippen LogP contribution in [0.5, 0.6) is 0 Å². The van der Waals surface area contributed by atoms with Crippen LogP contribution in [-0.2, 0) is 4.79 Å². The molecule has 0 fully saturated rings. The van der Waals surface area contributed by atoms with E-state index in [2.05, 4.69) is 5.32 Å². The summed E-state index contributed by atoms with van der Waals surface area (Å²) in [7, 11) is 1.40. The third kappa shape index (κ3) is 4.00. The average molecular weight is 258 g/mol. The zero-order chi connectivity index (χ0) is 13.7. The number of aliphatic carboxylic acids is 1. The van der Waals surface area contributed by atoms with Gasteiger partial charge < -0.3 is 15.3 Å². The minimum absolute atomic E-state index is 0.0187. The van der Waals surface area contributed by atoms with Crippen LogP contribution in [0, 0.1) is 11.6 Å². The molecule has 1 aromatic rings. The fourth-order valence-electron chi connectivity index (χ4n) is 1.16. The van der Waals surface area contributed by atoms with Crippen LogP contribution in [0.15, 0.2) is 18.2 Å². The van der Waals surface area contributed by atoms with Gasteiger partial charge in [0.05, 0.1) is 6.42 Å². The van der Waals surface area contributed by atoms with Gasteiger partial charge in [-0.15, -0.1) is 0 Å². The molecule has 1 rings (SSSR count). The van der Waals surface area contributed by atoms with Gasteiger partial charge in [0.1, 0.15) is 0 Å². The number of anilines is 1. The lowest BCUT2D eigenvalue weighted by molar-refractivity contribution is -0.137. The minimum Gasteiger partial charge on any atom is -0.481 e. The van der Waals surface area contributed by atoms with Crippen molar-refractivity contribution >= 4 is 17.7 Å². The third-order valence-electron chi connectivity index (χ3n) is 2.18. The maximum atomic E-state index is 12.9.